The van der Waals surface area contributed by atoms with Gasteiger partial charge in [0, 0.05) is 25.7 Å². The Kier molecular flexibility index (Phi) is 6.48. The van der Waals surface area contributed by atoms with Crippen molar-refractivity contribution in [2.75, 3.05) is 7.05 Å². The molecule has 6 heteroatoms. The van der Waals surface area contributed by atoms with E-state index in [1.165, 1.54) is 4.90 Å². The first-order valence-corrected chi connectivity index (χ1v) is 9.72. The molecule has 1 aromatic heterocycles. The molecule has 1 fully saturated rings. The molecule has 1 amide bonds. The number of rotatable bonds is 7. The maximum atomic E-state index is 12.8. The van der Waals surface area contributed by atoms with Crippen LogP contribution in [0.1, 0.15) is 69.3 Å². The predicted molar refractivity (Wildman–Crippen MR) is 101 cm³/mol. The van der Waals surface area contributed by atoms with Crippen molar-refractivity contribution in [2.24, 2.45) is 5.92 Å². The van der Waals surface area contributed by atoms with Gasteiger partial charge in [-0.1, -0.05) is 33.1 Å². The van der Waals surface area contributed by atoms with Gasteiger partial charge in [-0.2, -0.15) is 5.10 Å². The van der Waals surface area contributed by atoms with E-state index in [0.717, 1.165) is 42.8 Å². The zero-order valence-electron chi connectivity index (χ0n) is 16.8. The van der Waals surface area contributed by atoms with Crippen LogP contribution >= 0.6 is 0 Å². The lowest BCUT2D eigenvalue weighted by Crippen LogP contribution is -2.56. The number of aryl methyl sites for hydroxylation is 1. The minimum atomic E-state index is -1.03. The molecule has 0 unspecified atom stereocenters. The molecule has 1 heterocycles. The van der Waals surface area contributed by atoms with Crippen molar-refractivity contribution in [2.45, 2.75) is 84.7 Å². The Labute approximate surface area is 156 Å². The fraction of sp³-hybridized carbons (Fsp3) is 0.750. The van der Waals surface area contributed by atoms with Gasteiger partial charge in [-0.3, -0.25) is 9.48 Å². The molecule has 0 bridgehead atoms. The minimum Gasteiger partial charge on any atom is -0.479 e. The highest BCUT2D eigenvalue weighted by molar-refractivity contribution is 5.87. The van der Waals surface area contributed by atoms with Gasteiger partial charge in [-0.25, -0.2) is 4.79 Å². The first-order valence-electron chi connectivity index (χ1n) is 9.72. The summed E-state index contributed by atoms with van der Waals surface area (Å²) in [5.74, 6) is -0.454. The van der Waals surface area contributed by atoms with Crippen LogP contribution in [0.3, 0.4) is 0 Å². The average Bonchev–Trinajstić information content (AvgIpc) is 2.85. The van der Waals surface area contributed by atoms with Crippen LogP contribution in [-0.2, 0) is 22.6 Å². The molecule has 0 radical (unpaired) electrons. The molecule has 1 saturated carbocycles. The maximum Gasteiger partial charge on any atom is 0.329 e. The first-order chi connectivity index (χ1) is 12.2. The Morgan fingerprint density at radius 1 is 1.23 bits per heavy atom. The molecule has 1 aliphatic carbocycles. The van der Waals surface area contributed by atoms with Crippen LogP contribution in [0.2, 0.25) is 0 Å². The Morgan fingerprint density at radius 2 is 1.85 bits per heavy atom. The van der Waals surface area contributed by atoms with Crippen LogP contribution in [0.15, 0.2) is 0 Å². The summed E-state index contributed by atoms with van der Waals surface area (Å²) in [6.07, 6.45) is 4.80. The van der Waals surface area contributed by atoms with Crippen LogP contribution in [-0.4, -0.2) is 44.3 Å². The molecule has 6 nitrogen and oxygen atoms in total. The van der Waals surface area contributed by atoms with Gasteiger partial charge in [0.1, 0.15) is 5.54 Å². The van der Waals surface area contributed by atoms with Crippen molar-refractivity contribution in [3.63, 3.8) is 0 Å². The van der Waals surface area contributed by atoms with Crippen LogP contribution in [0.5, 0.6) is 0 Å². The third kappa shape index (κ3) is 4.10. The van der Waals surface area contributed by atoms with E-state index in [1.807, 2.05) is 18.5 Å². The van der Waals surface area contributed by atoms with E-state index in [1.54, 1.807) is 7.05 Å². The van der Waals surface area contributed by atoms with E-state index >= 15 is 0 Å². The van der Waals surface area contributed by atoms with Crippen LogP contribution < -0.4 is 0 Å². The Bertz CT molecular complexity index is 658. The largest absolute Gasteiger partial charge is 0.479 e. The predicted octanol–water partition coefficient (Wildman–Crippen LogP) is 3.33. The smallest absolute Gasteiger partial charge is 0.329 e. The van der Waals surface area contributed by atoms with Gasteiger partial charge in [0.15, 0.2) is 0 Å². The summed E-state index contributed by atoms with van der Waals surface area (Å²) in [6, 6.07) is 0. The highest BCUT2D eigenvalue weighted by atomic mass is 16.4. The molecule has 1 aliphatic rings. The third-order valence-electron chi connectivity index (χ3n) is 5.75. The summed E-state index contributed by atoms with van der Waals surface area (Å²) in [7, 11) is 1.66. The molecular weight excluding hydrogens is 330 g/mol. The normalized spacial score (nSPS) is 16.7. The van der Waals surface area contributed by atoms with E-state index in [4.69, 9.17) is 0 Å². The third-order valence-corrected chi connectivity index (χ3v) is 5.75. The number of carboxylic acid groups (broad SMARTS) is 1. The van der Waals surface area contributed by atoms with Gasteiger partial charge in [-0.15, -0.1) is 0 Å². The van der Waals surface area contributed by atoms with Crippen molar-refractivity contribution in [1.82, 2.24) is 14.7 Å². The van der Waals surface area contributed by atoms with Gasteiger partial charge >= 0.3 is 5.97 Å². The van der Waals surface area contributed by atoms with Crippen molar-refractivity contribution in [1.29, 1.82) is 0 Å². The summed E-state index contributed by atoms with van der Waals surface area (Å²) in [6.45, 7) is 9.20. The molecule has 0 aliphatic heterocycles. The van der Waals surface area contributed by atoms with E-state index in [9.17, 15) is 14.7 Å². The molecule has 0 spiro atoms. The summed E-state index contributed by atoms with van der Waals surface area (Å²) >= 11 is 0. The summed E-state index contributed by atoms with van der Waals surface area (Å²) < 4.78 is 2.02. The SMILES string of the molecule is Cc1nn(CC(C)C)c(C)c1CCC(=O)N(C)C1(C(=O)O)CCCCC1. The molecule has 1 N–H and O–H groups in total. The molecule has 146 valence electrons. The number of carboxylic acids is 1. The second-order valence-electron chi connectivity index (χ2n) is 8.08. The second kappa shape index (κ2) is 8.23. The highest BCUT2D eigenvalue weighted by Crippen LogP contribution is 2.34. The first kappa shape index (κ1) is 20.5. The van der Waals surface area contributed by atoms with Crippen molar-refractivity contribution >= 4 is 11.9 Å². The quantitative estimate of drug-likeness (QED) is 0.806. The highest BCUT2D eigenvalue weighted by Gasteiger charge is 2.45. The van der Waals surface area contributed by atoms with Crippen molar-refractivity contribution in [3.8, 4) is 0 Å². The van der Waals surface area contributed by atoms with E-state index in [0.29, 0.717) is 31.6 Å². The Hall–Kier alpha value is -1.85. The lowest BCUT2D eigenvalue weighted by molar-refractivity contribution is -0.160. The van der Waals surface area contributed by atoms with Crippen LogP contribution in [0.25, 0.3) is 0 Å². The standard InChI is InChI=1S/C20H33N3O3/c1-14(2)13-23-16(4)17(15(3)21-23)9-10-18(24)22(5)20(19(25)26)11-7-6-8-12-20/h14H,6-13H2,1-5H3,(H,25,26). The van der Waals surface area contributed by atoms with Crippen LogP contribution in [0.4, 0.5) is 0 Å². The van der Waals surface area contributed by atoms with Crippen molar-refractivity contribution in [3.05, 3.63) is 17.0 Å². The molecule has 2 rings (SSSR count). The van der Waals surface area contributed by atoms with E-state index in [-0.39, 0.29) is 5.91 Å². The Balaban J connectivity index is 2.08. The monoisotopic (exact) mass is 363 g/mol. The molecule has 0 aromatic carbocycles. The number of nitrogens with zero attached hydrogens (tertiary/aromatic N) is 3. The van der Waals surface area contributed by atoms with Gasteiger partial charge < -0.3 is 10.0 Å². The summed E-state index contributed by atoms with van der Waals surface area (Å²) in [5, 5.41) is 14.4. The fourth-order valence-corrected chi connectivity index (χ4v) is 4.09. The van der Waals surface area contributed by atoms with Gasteiger partial charge in [0.05, 0.1) is 5.69 Å². The Morgan fingerprint density at radius 3 is 2.38 bits per heavy atom. The molecule has 1 aromatic rings. The van der Waals surface area contributed by atoms with Gasteiger partial charge in [-0.05, 0) is 44.6 Å². The molecule has 0 atom stereocenters. The average molecular weight is 364 g/mol. The zero-order chi connectivity index (χ0) is 19.5. The maximum absolute atomic E-state index is 12.8. The second-order valence-corrected chi connectivity index (χ2v) is 8.08. The molecule has 26 heavy (non-hydrogen) atoms. The van der Waals surface area contributed by atoms with Crippen LogP contribution in [0, 0.1) is 19.8 Å². The number of aromatic nitrogens is 2. The number of amides is 1. The van der Waals surface area contributed by atoms with Crippen molar-refractivity contribution < 1.29 is 14.7 Å². The molecular formula is C20H33N3O3. The number of carbonyl (C=O) groups is 2. The van der Waals surface area contributed by atoms with Gasteiger partial charge in [0.2, 0.25) is 5.91 Å². The van der Waals surface area contributed by atoms with Gasteiger partial charge in [0.25, 0.3) is 0 Å². The number of aliphatic carboxylic acids is 1. The number of hydrogen-bond donors (Lipinski definition) is 1. The lowest BCUT2D eigenvalue weighted by atomic mass is 9.80. The molecule has 0 saturated heterocycles. The lowest BCUT2D eigenvalue weighted by Gasteiger charge is -2.41. The fourth-order valence-electron chi connectivity index (χ4n) is 4.09. The minimum absolute atomic E-state index is 0.0929. The van der Waals surface area contributed by atoms with E-state index < -0.39 is 11.5 Å². The number of carbonyl (C=O) groups excluding carboxylic acids is 1. The summed E-state index contributed by atoms with van der Waals surface area (Å²) in [4.78, 5) is 26.2. The van der Waals surface area contributed by atoms with E-state index in [2.05, 4.69) is 18.9 Å². The topological polar surface area (TPSA) is 75.4 Å². The summed E-state index contributed by atoms with van der Waals surface area (Å²) in [5.41, 5.74) is 2.16. The number of likely N-dealkylation sites (N-methyl/N-ethyl adjacent to an activating group) is 1. The number of hydrogen-bond acceptors (Lipinski definition) is 3. The zero-order valence-corrected chi connectivity index (χ0v) is 16.8.